The number of esters is 1. The molecule has 0 bridgehead atoms. The van der Waals surface area contributed by atoms with E-state index in [-0.39, 0.29) is 48.7 Å². The average molecular weight is 580 g/mol. The maximum atomic E-state index is 14.2. The van der Waals surface area contributed by atoms with Gasteiger partial charge in [-0.05, 0) is 47.9 Å². The molecule has 3 heterocycles. The van der Waals surface area contributed by atoms with Crippen LogP contribution in [0.3, 0.4) is 0 Å². The van der Waals surface area contributed by atoms with Gasteiger partial charge in [-0.25, -0.2) is 18.0 Å². The van der Waals surface area contributed by atoms with Gasteiger partial charge in [0.15, 0.2) is 5.69 Å². The van der Waals surface area contributed by atoms with Crippen LogP contribution < -0.4 is 11.1 Å². The monoisotopic (exact) mass is 579 g/mol. The largest absolute Gasteiger partial charge is 0.464 e. The molecule has 2 amide bonds. The minimum absolute atomic E-state index is 0.0400. The number of nitrogens with zero attached hydrogens (tertiary/aromatic N) is 3. The zero-order valence-corrected chi connectivity index (χ0v) is 22.2. The van der Waals surface area contributed by atoms with E-state index in [1.54, 1.807) is 12.1 Å². The van der Waals surface area contributed by atoms with E-state index >= 15 is 0 Å². The number of fused-ring (bicyclic) bond motifs is 1. The predicted molar refractivity (Wildman–Crippen MR) is 141 cm³/mol. The average Bonchev–Trinajstić information content (AvgIpc) is 3.56. The number of halogens is 3. The van der Waals surface area contributed by atoms with Crippen molar-refractivity contribution >= 4 is 17.8 Å². The summed E-state index contributed by atoms with van der Waals surface area (Å²) < 4.78 is 53.9. The fourth-order valence-corrected chi connectivity index (χ4v) is 4.87. The van der Waals surface area contributed by atoms with Gasteiger partial charge in [-0.2, -0.15) is 5.10 Å². The molecule has 1 aliphatic heterocycles. The van der Waals surface area contributed by atoms with Gasteiger partial charge in [0.1, 0.15) is 24.0 Å². The number of amides is 2. The number of hydrogen-bond acceptors (Lipinski definition) is 7. The molecule has 216 valence electrons. The first-order valence-electron chi connectivity index (χ1n) is 12.7. The van der Waals surface area contributed by atoms with Gasteiger partial charge in [-0.15, -0.1) is 0 Å². The molecule has 0 radical (unpaired) electrons. The van der Waals surface area contributed by atoms with Gasteiger partial charge in [-0.3, -0.25) is 19.3 Å². The normalized spacial score (nSPS) is 13.0. The van der Waals surface area contributed by atoms with Crippen molar-refractivity contribution in [2.45, 2.75) is 32.2 Å². The third kappa shape index (κ3) is 5.86. The van der Waals surface area contributed by atoms with E-state index < -0.39 is 41.3 Å². The Bertz CT molecular complexity index is 1690. The molecule has 5 rings (SSSR count). The first kappa shape index (κ1) is 28.5. The molecule has 1 atom stereocenters. The highest BCUT2D eigenvalue weighted by Crippen LogP contribution is 2.31. The van der Waals surface area contributed by atoms with E-state index in [2.05, 4.69) is 15.4 Å². The first-order chi connectivity index (χ1) is 20.1. The summed E-state index contributed by atoms with van der Waals surface area (Å²) in [7, 11) is 1.22. The molecule has 2 aromatic heterocycles. The number of ether oxygens (including phenoxy) is 2. The lowest BCUT2D eigenvalue weighted by Crippen LogP contribution is -2.34. The molecule has 42 heavy (non-hydrogen) atoms. The summed E-state index contributed by atoms with van der Waals surface area (Å²) in [6.07, 6.45) is 1.38. The molecule has 1 aliphatic rings. The molecule has 0 saturated carbocycles. The van der Waals surface area contributed by atoms with Crippen LogP contribution in [0.2, 0.25) is 0 Å². The fourth-order valence-electron chi connectivity index (χ4n) is 4.87. The number of primary amides is 1. The highest BCUT2D eigenvalue weighted by molar-refractivity contribution is 5.94. The Morgan fingerprint density at radius 2 is 1.86 bits per heavy atom. The van der Waals surface area contributed by atoms with Crippen molar-refractivity contribution in [2.24, 2.45) is 5.73 Å². The van der Waals surface area contributed by atoms with Crippen LogP contribution in [0.25, 0.3) is 11.1 Å². The van der Waals surface area contributed by atoms with E-state index in [1.165, 1.54) is 30.1 Å². The molecular formula is C29H24F3N5O5. The summed E-state index contributed by atoms with van der Waals surface area (Å²) in [5.74, 6) is -4.61. The molecular weight excluding hydrogens is 555 g/mol. The van der Waals surface area contributed by atoms with Gasteiger partial charge in [-0.1, -0.05) is 12.1 Å². The number of rotatable bonds is 9. The number of pyridine rings is 1. The van der Waals surface area contributed by atoms with Crippen molar-refractivity contribution in [2.75, 3.05) is 7.11 Å². The highest BCUT2D eigenvalue weighted by atomic mass is 19.1. The lowest BCUT2D eigenvalue weighted by Gasteiger charge is -2.22. The van der Waals surface area contributed by atoms with E-state index in [1.807, 2.05) is 0 Å². The maximum absolute atomic E-state index is 14.2. The van der Waals surface area contributed by atoms with Gasteiger partial charge in [0, 0.05) is 23.4 Å². The molecule has 13 heteroatoms. The Labute approximate surface area is 237 Å². The minimum Gasteiger partial charge on any atom is -0.464 e. The van der Waals surface area contributed by atoms with Crippen LogP contribution in [0.15, 0.2) is 54.7 Å². The number of benzene rings is 2. The van der Waals surface area contributed by atoms with Crippen molar-refractivity contribution in [3.05, 3.63) is 106 Å². The molecule has 0 spiro atoms. The van der Waals surface area contributed by atoms with Crippen molar-refractivity contribution < 1.29 is 37.0 Å². The summed E-state index contributed by atoms with van der Waals surface area (Å²) in [6.45, 7) is -0.0472. The number of hydrogen-bond donors (Lipinski definition) is 2. The zero-order chi connectivity index (χ0) is 30.0. The van der Waals surface area contributed by atoms with Gasteiger partial charge in [0.05, 0.1) is 43.3 Å². The SMILES string of the molecule is COC(=O)c1nn(CC(=O)N[C@@H](Cc2cc(F)cc(F)c2)c2ncccc2-c2ccc(F)c(C(N)=O)c2)c2c1COC2. The maximum Gasteiger partial charge on any atom is 0.358 e. The molecule has 0 saturated heterocycles. The van der Waals surface area contributed by atoms with Crippen LogP contribution in [0.5, 0.6) is 0 Å². The minimum atomic E-state index is -0.970. The van der Waals surface area contributed by atoms with E-state index in [0.717, 1.165) is 24.3 Å². The first-order valence-corrected chi connectivity index (χ1v) is 12.7. The fraction of sp³-hybridized carbons (Fsp3) is 0.207. The van der Waals surface area contributed by atoms with Crippen LogP contribution in [-0.4, -0.2) is 39.7 Å². The molecule has 4 aromatic rings. The van der Waals surface area contributed by atoms with Crippen molar-refractivity contribution in [1.82, 2.24) is 20.1 Å². The van der Waals surface area contributed by atoms with Crippen molar-refractivity contribution in [3.8, 4) is 11.1 Å². The smallest absolute Gasteiger partial charge is 0.358 e. The topological polar surface area (TPSA) is 138 Å². The number of methoxy groups -OCH3 is 1. The number of nitrogens with two attached hydrogens (primary N) is 1. The molecule has 0 fully saturated rings. The Morgan fingerprint density at radius 1 is 1.10 bits per heavy atom. The second-order valence-electron chi connectivity index (χ2n) is 9.51. The predicted octanol–water partition coefficient (Wildman–Crippen LogP) is 3.38. The van der Waals surface area contributed by atoms with Crippen LogP contribution in [0.1, 0.15) is 49.4 Å². The second kappa shape index (κ2) is 11.8. The molecule has 10 nitrogen and oxygen atoms in total. The van der Waals surface area contributed by atoms with Gasteiger partial charge < -0.3 is 20.5 Å². The Balaban J connectivity index is 1.52. The summed E-state index contributed by atoms with van der Waals surface area (Å²) in [6, 6.07) is 9.07. The lowest BCUT2D eigenvalue weighted by atomic mass is 9.94. The standard InChI is InChI=1S/C29H24F3N5O5/c1-41-29(40)27-21-13-42-14-24(21)37(36-27)12-25(38)35-23(9-15-7-17(30)11-18(31)8-15)26-19(3-2-6-34-26)16-4-5-22(32)20(10-16)28(33)39/h2-8,10-11,23H,9,12-14H2,1H3,(H2,33,39)(H,35,38)/t23-/m0/s1. The van der Waals surface area contributed by atoms with Gasteiger partial charge >= 0.3 is 5.97 Å². The van der Waals surface area contributed by atoms with E-state index in [4.69, 9.17) is 15.2 Å². The number of carbonyl (C=O) groups excluding carboxylic acids is 3. The Morgan fingerprint density at radius 3 is 2.57 bits per heavy atom. The Kier molecular flexibility index (Phi) is 8.02. The van der Waals surface area contributed by atoms with Gasteiger partial charge in [0.2, 0.25) is 5.91 Å². The zero-order valence-electron chi connectivity index (χ0n) is 22.2. The van der Waals surface area contributed by atoms with Crippen LogP contribution in [0.4, 0.5) is 13.2 Å². The van der Waals surface area contributed by atoms with Crippen LogP contribution >= 0.6 is 0 Å². The van der Waals surface area contributed by atoms with Crippen LogP contribution in [0, 0.1) is 17.5 Å². The summed E-state index contributed by atoms with van der Waals surface area (Å²) in [4.78, 5) is 41.8. The second-order valence-corrected chi connectivity index (χ2v) is 9.51. The lowest BCUT2D eigenvalue weighted by molar-refractivity contribution is -0.122. The number of carbonyl (C=O) groups is 3. The summed E-state index contributed by atoms with van der Waals surface area (Å²) in [5, 5.41) is 7.08. The summed E-state index contributed by atoms with van der Waals surface area (Å²) >= 11 is 0. The van der Waals surface area contributed by atoms with E-state index in [0.29, 0.717) is 22.4 Å². The van der Waals surface area contributed by atoms with Crippen LogP contribution in [-0.2, 0) is 40.4 Å². The highest BCUT2D eigenvalue weighted by Gasteiger charge is 2.29. The third-order valence-electron chi connectivity index (χ3n) is 6.73. The van der Waals surface area contributed by atoms with Crippen molar-refractivity contribution in [1.29, 1.82) is 0 Å². The quantitative estimate of drug-likeness (QED) is 0.290. The molecule has 0 aliphatic carbocycles. The number of aromatic nitrogens is 3. The Hall–Kier alpha value is -5.04. The molecule has 2 aromatic carbocycles. The van der Waals surface area contributed by atoms with E-state index in [9.17, 15) is 27.6 Å². The van der Waals surface area contributed by atoms with Crippen molar-refractivity contribution in [3.63, 3.8) is 0 Å². The number of nitrogens with one attached hydrogen (secondary N) is 1. The van der Waals surface area contributed by atoms with Gasteiger partial charge in [0.25, 0.3) is 5.91 Å². The summed E-state index contributed by atoms with van der Waals surface area (Å²) in [5.41, 5.74) is 7.40. The third-order valence-corrected chi connectivity index (χ3v) is 6.73. The molecule has 0 unspecified atom stereocenters. The molecule has 3 N–H and O–H groups in total.